The van der Waals surface area contributed by atoms with Crippen molar-refractivity contribution in [2.75, 3.05) is 0 Å². The number of hydrogen-bond acceptors (Lipinski definition) is 0. The number of allylic oxidation sites excluding steroid dienone is 2. The molecule has 46 heavy (non-hydrogen) atoms. The Morgan fingerprint density at radius 3 is 0.804 bits per heavy atom. The van der Waals surface area contributed by atoms with Gasteiger partial charge in [0.25, 0.3) is 0 Å². The van der Waals surface area contributed by atoms with Crippen molar-refractivity contribution in [3.63, 3.8) is 0 Å². The molecule has 0 radical (unpaired) electrons. The van der Waals surface area contributed by atoms with E-state index < -0.39 is 56.0 Å². The van der Waals surface area contributed by atoms with Gasteiger partial charge in [0.05, 0.1) is 0 Å². The molecule has 3 rings (SSSR count). The predicted octanol–water partition coefficient (Wildman–Crippen LogP) is 10.3. The van der Waals surface area contributed by atoms with Gasteiger partial charge in [0.2, 0.25) is 0 Å². The average molecular weight is 809 g/mol. The molecule has 2 aromatic rings. The Balaban J connectivity index is 2.62. The summed E-state index contributed by atoms with van der Waals surface area (Å²) in [7, 11) is -5.38. The second kappa shape index (κ2) is 14.2. The van der Waals surface area contributed by atoms with Crippen molar-refractivity contribution in [3.05, 3.63) is 79.6 Å². The van der Waals surface area contributed by atoms with Crippen molar-refractivity contribution in [2.45, 2.75) is 155 Å². The molecule has 0 bridgehead atoms. The van der Waals surface area contributed by atoms with Gasteiger partial charge in [-0.05, 0) is 0 Å². The molecule has 0 saturated carbocycles. The second-order valence-electron chi connectivity index (χ2n) is 21.3. The number of hydrogen-bond donors (Lipinski definition) is 0. The van der Waals surface area contributed by atoms with Crippen LogP contribution in [-0.4, -0.2) is 56.0 Å². The van der Waals surface area contributed by atoms with Crippen LogP contribution in [-0.2, 0) is 35.0 Å². The van der Waals surface area contributed by atoms with E-state index in [2.05, 4.69) is 166 Å². The van der Waals surface area contributed by atoms with E-state index in [9.17, 15) is 0 Å². The van der Waals surface area contributed by atoms with Crippen LogP contribution in [0.25, 0.3) is 0 Å². The third-order valence-corrected chi connectivity index (χ3v) is 38.2. The molecule has 0 saturated heterocycles. The van der Waals surface area contributed by atoms with E-state index in [1.165, 1.54) is 24.2 Å². The predicted molar refractivity (Wildman–Crippen MR) is 228 cm³/mol. The van der Waals surface area contributed by atoms with Gasteiger partial charge < -0.3 is 0 Å². The van der Waals surface area contributed by atoms with Crippen molar-refractivity contribution in [1.29, 1.82) is 0 Å². The van der Waals surface area contributed by atoms with Gasteiger partial charge in [-0.3, -0.25) is 0 Å². The summed E-state index contributed by atoms with van der Waals surface area (Å²) in [5, 5.41) is 0. The Kier molecular flexibility index (Phi) is 12.5. The summed E-state index contributed by atoms with van der Waals surface area (Å²) in [6.07, 6.45) is 4.97. The molecule has 1 heterocycles. The molecule has 0 aromatic heterocycles. The van der Waals surface area contributed by atoms with E-state index in [1.807, 2.05) is 8.79 Å². The summed E-state index contributed by atoms with van der Waals surface area (Å²) in [5.41, 5.74) is 10.6. The second-order valence-corrected chi connectivity index (χ2v) is 61.9. The third-order valence-electron chi connectivity index (χ3n) is 8.68. The Labute approximate surface area is 297 Å². The quantitative estimate of drug-likeness (QED) is 0.210. The Morgan fingerprint density at radius 1 is 0.413 bits per heavy atom. The van der Waals surface area contributed by atoms with E-state index in [-0.39, 0.29) is 10.8 Å². The maximum atomic E-state index is 2.84. The molecule has 0 spiro atoms. The minimum atomic E-state index is -1.83. The van der Waals surface area contributed by atoms with Gasteiger partial charge in [0, 0.05) is 0 Å². The van der Waals surface area contributed by atoms with Crippen molar-refractivity contribution >= 4 is 64.8 Å². The van der Waals surface area contributed by atoms with Crippen molar-refractivity contribution in [1.82, 2.24) is 0 Å². The first-order valence-electron chi connectivity index (χ1n) is 18.0. The molecule has 0 fully saturated rings. The first kappa shape index (κ1) is 40.3. The Bertz CT molecular complexity index is 1330. The number of benzene rings is 2. The van der Waals surface area contributed by atoms with Gasteiger partial charge in [-0.1, -0.05) is 0 Å². The van der Waals surface area contributed by atoms with Gasteiger partial charge in [0.15, 0.2) is 0 Å². The van der Waals surface area contributed by atoms with E-state index in [4.69, 9.17) is 0 Å². The summed E-state index contributed by atoms with van der Waals surface area (Å²) in [6.45, 7) is 45.8. The molecule has 254 valence electrons. The standard InChI is InChI=1S/C40H70Ge2Si4/c1-39(2,3)35-23-31(27-43(7,8)9)37(32(24-35)28-44(10,11)12)41-21-19-20-22-42(41)38-33(29-45(13,14)15)25-36(40(4,5)6)26-34(38)30-46(16,17)18/h19-26H,27-30H2,1-18H3. The van der Waals surface area contributed by atoms with Crippen LogP contribution in [0.1, 0.15) is 74.9 Å². The molecular weight excluding hydrogens is 738 g/mol. The summed E-state index contributed by atoms with van der Waals surface area (Å²) in [5.74, 6) is 0. The molecule has 0 amide bonds. The van der Waals surface area contributed by atoms with Gasteiger partial charge >= 0.3 is 299 Å². The zero-order valence-corrected chi connectivity index (χ0v) is 41.6. The molecule has 0 nitrogen and oxygen atoms in total. The molecule has 0 N–H and O–H groups in total. The summed E-state index contributed by atoms with van der Waals surface area (Å²) >= 11 is -3.66. The van der Waals surface area contributed by atoms with Crippen LogP contribution >= 0.6 is 0 Å². The monoisotopic (exact) mass is 810 g/mol. The van der Waals surface area contributed by atoms with Crippen LogP contribution in [0, 0.1) is 0 Å². The van der Waals surface area contributed by atoms with Crippen LogP contribution in [0.15, 0.2) is 46.2 Å². The van der Waals surface area contributed by atoms with Gasteiger partial charge in [-0.2, -0.15) is 0 Å². The van der Waals surface area contributed by atoms with Crippen molar-refractivity contribution in [3.8, 4) is 0 Å². The van der Waals surface area contributed by atoms with Gasteiger partial charge in [-0.15, -0.1) is 0 Å². The molecule has 1 aliphatic rings. The fraction of sp³-hybridized carbons (Fsp3) is 0.600. The fourth-order valence-corrected chi connectivity index (χ4v) is 41.0. The van der Waals surface area contributed by atoms with Crippen LogP contribution in [0.4, 0.5) is 0 Å². The topological polar surface area (TPSA) is 0 Å². The minimum absolute atomic E-state index is 0.171. The van der Waals surface area contributed by atoms with E-state index in [1.54, 1.807) is 33.4 Å². The molecule has 1 aliphatic heterocycles. The first-order valence-corrected chi connectivity index (χ1v) is 43.8. The molecule has 2 aromatic carbocycles. The van der Waals surface area contributed by atoms with E-state index >= 15 is 0 Å². The van der Waals surface area contributed by atoms with E-state index in [0.29, 0.717) is 0 Å². The van der Waals surface area contributed by atoms with Gasteiger partial charge in [-0.25, -0.2) is 0 Å². The zero-order valence-electron chi connectivity index (χ0n) is 33.4. The summed E-state index contributed by atoms with van der Waals surface area (Å²) in [6, 6.07) is 16.1. The molecular formula is C40H70Ge2Si4. The Morgan fingerprint density at radius 2 is 0.630 bits per heavy atom. The van der Waals surface area contributed by atoms with Crippen LogP contribution in [0.2, 0.25) is 78.6 Å². The van der Waals surface area contributed by atoms with Crippen LogP contribution in [0.5, 0.6) is 0 Å². The summed E-state index contributed by atoms with van der Waals surface area (Å²) < 4.78 is 3.84. The van der Waals surface area contributed by atoms with E-state index in [0.717, 1.165) is 0 Å². The Hall–Kier alpha value is -0.127. The van der Waals surface area contributed by atoms with Gasteiger partial charge in [0.1, 0.15) is 0 Å². The first-order chi connectivity index (χ1) is 20.5. The maximum absolute atomic E-state index is 2.84. The van der Waals surface area contributed by atoms with Crippen LogP contribution < -0.4 is 8.79 Å². The molecule has 0 aliphatic carbocycles. The molecule has 6 heteroatoms. The van der Waals surface area contributed by atoms with Crippen molar-refractivity contribution in [2.24, 2.45) is 0 Å². The summed E-state index contributed by atoms with van der Waals surface area (Å²) in [4.78, 5) is 5.69. The van der Waals surface area contributed by atoms with Crippen LogP contribution in [0.3, 0.4) is 0 Å². The third kappa shape index (κ3) is 11.7. The SMILES string of the molecule is CC(C)(C)c1cc(C[Si](C)(C)C)[c]([Ge]2=[Ge]([c]3c(C[Si](C)(C)C)cc(C(C)(C)C)cc3C[Si](C)(C)C)[CH]=CC=[CH]2)c(C[Si](C)(C)C)c1. The normalized spacial score (nSPS) is 15.3. The zero-order chi connectivity index (χ0) is 35.3. The number of rotatable bonds is 10. The molecule has 0 unspecified atom stereocenters. The molecule has 0 atom stereocenters. The average Bonchev–Trinajstić information content (AvgIpc) is 2.79. The van der Waals surface area contributed by atoms with Crippen molar-refractivity contribution < 1.29 is 0 Å². The fourth-order valence-electron chi connectivity index (χ4n) is 6.86.